The summed E-state index contributed by atoms with van der Waals surface area (Å²) >= 11 is 2.69. The molecule has 0 aliphatic rings. The lowest BCUT2D eigenvalue weighted by Crippen LogP contribution is -2.15. The van der Waals surface area contributed by atoms with E-state index in [4.69, 9.17) is 4.74 Å². The van der Waals surface area contributed by atoms with Gasteiger partial charge in [0.25, 0.3) is 0 Å². The zero-order valence-corrected chi connectivity index (χ0v) is 19.7. The maximum Gasteiger partial charge on any atom is 0.236 e. The molecule has 0 unspecified atom stereocenters. The molecule has 0 bridgehead atoms. The zero-order valence-electron chi connectivity index (χ0n) is 18.1. The van der Waals surface area contributed by atoms with Crippen LogP contribution in [0.3, 0.4) is 0 Å². The van der Waals surface area contributed by atoms with Gasteiger partial charge in [-0.05, 0) is 25.5 Å². The van der Waals surface area contributed by atoms with Crippen molar-refractivity contribution in [2.75, 3.05) is 11.1 Å². The molecule has 2 heterocycles. The van der Waals surface area contributed by atoms with E-state index in [0.29, 0.717) is 22.7 Å². The molecule has 0 aliphatic carbocycles. The number of nitrogens with one attached hydrogen (secondary N) is 1. The molecule has 0 spiro atoms. The van der Waals surface area contributed by atoms with Gasteiger partial charge in [-0.1, -0.05) is 60.7 Å². The molecule has 31 heavy (non-hydrogen) atoms. The highest BCUT2D eigenvalue weighted by Crippen LogP contribution is 2.24. The highest BCUT2D eigenvalue weighted by Gasteiger charge is 2.16. The summed E-state index contributed by atoms with van der Waals surface area (Å²) in [6.07, 6.45) is 1.77. The SMILES string of the molecule is C=CCn1c(COc2ccc(C)cc2C)nnc1SCC(=O)Nc1nnc(C(C)C)s1. The smallest absolute Gasteiger partial charge is 0.236 e. The van der Waals surface area contributed by atoms with E-state index in [1.165, 1.54) is 28.7 Å². The summed E-state index contributed by atoms with van der Waals surface area (Å²) in [5.74, 6) is 1.78. The van der Waals surface area contributed by atoms with E-state index >= 15 is 0 Å². The number of aromatic nitrogens is 5. The van der Waals surface area contributed by atoms with Gasteiger partial charge in [-0.2, -0.15) is 0 Å². The predicted octanol–water partition coefficient (Wildman–Crippen LogP) is 4.37. The van der Waals surface area contributed by atoms with Gasteiger partial charge in [0.05, 0.1) is 5.75 Å². The first-order chi connectivity index (χ1) is 14.9. The monoisotopic (exact) mass is 458 g/mol. The van der Waals surface area contributed by atoms with Crippen LogP contribution in [0.25, 0.3) is 0 Å². The first-order valence-electron chi connectivity index (χ1n) is 9.86. The highest BCUT2D eigenvalue weighted by molar-refractivity contribution is 7.99. The van der Waals surface area contributed by atoms with E-state index in [-0.39, 0.29) is 24.2 Å². The number of hydrogen-bond donors (Lipinski definition) is 1. The molecule has 0 radical (unpaired) electrons. The first-order valence-corrected chi connectivity index (χ1v) is 11.7. The Bertz CT molecular complexity index is 1060. The fourth-order valence-electron chi connectivity index (χ4n) is 2.75. The Morgan fingerprint density at radius 3 is 2.77 bits per heavy atom. The molecule has 10 heteroatoms. The number of aryl methyl sites for hydroxylation is 2. The maximum absolute atomic E-state index is 12.3. The summed E-state index contributed by atoms with van der Waals surface area (Å²) in [5, 5.41) is 21.4. The third-order valence-electron chi connectivity index (χ3n) is 4.31. The number of nitrogens with zero attached hydrogens (tertiary/aromatic N) is 5. The van der Waals surface area contributed by atoms with Gasteiger partial charge in [0, 0.05) is 12.5 Å². The summed E-state index contributed by atoms with van der Waals surface area (Å²) in [4.78, 5) is 12.3. The fourth-order valence-corrected chi connectivity index (χ4v) is 4.28. The van der Waals surface area contributed by atoms with Crippen LogP contribution in [0.15, 0.2) is 36.0 Å². The lowest BCUT2D eigenvalue weighted by molar-refractivity contribution is -0.113. The van der Waals surface area contributed by atoms with E-state index in [2.05, 4.69) is 38.4 Å². The Balaban J connectivity index is 1.61. The van der Waals surface area contributed by atoms with Gasteiger partial charge in [-0.3, -0.25) is 14.7 Å². The largest absolute Gasteiger partial charge is 0.485 e. The molecule has 0 saturated heterocycles. The molecule has 3 rings (SSSR count). The maximum atomic E-state index is 12.3. The third kappa shape index (κ3) is 6.14. The molecular formula is C21H26N6O2S2. The lowest BCUT2D eigenvalue weighted by atomic mass is 10.1. The summed E-state index contributed by atoms with van der Waals surface area (Å²) in [7, 11) is 0. The number of carbonyl (C=O) groups is 1. The molecule has 164 valence electrons. The summed E-state index contributed by atoms with van der Waals surface area (Å²) in [6.45, 7) is 12.7. The molecule has 3 aromatic rings. The molecule has 0 aliphatic heterocycles. The van der Waals surface area contributed by atoms with E-state index < -0.39 is 0 Å². The average Bonchev–Trinajstić information content (AvgIpc) is 3.33. The van der Waals surface area contributed by atoms with Crippen LogP contribution in [0.2, 0.25) is 0 Å². The number of thioether (sulfide) groups is 1. The molecule has 0 fully saturated rings. The Morgan fingerprint density at radius 2 is 2.10 bits per heavy atom. The number of rotatable bonds is 10. The molecule has 8 nitrogen and oxygen atoms in total. The Hall–Kier alpha value is -2.72. The van der Waals surface area contributed by atoms with Crippen molar-refractivity contribution in [3.63, 3.8) is 0 Å². The molecule has 2 aromatic heterocycles. The van der Waals surface area contributed by atoms with Crippen molar-refractivity contribution in [1.29, 1.82) is 0 Å². The number of carbonyl (C=O) groups excluding carboxylic acids is 1. The number of ether oxygens (including phenoxy) is 1. The number of allylic oxidation sites excluding steroid dienone is 1. The highest BCUT2D eigenvalue weighted by atomic mass is 32.2. The van der Waals surface area contributed by atoms with Gasteiger partial charge in [0.15, 0.2) is 11.0 Å². The van der Waals surface area contributed by atoms with E-state index in [0.717, 1.165) is 16.3 Å². The third-order valence-corrected chi connectivity index (χ3v) is 6.41. The second kappa shape index (κ2) is 10.5. The van der Waals surface area contributed by atoms with Gasteiger partial charge < -0.3 is 4.74 Å². The summed E-state index contributed by atoms with van der Waals surface area (Å²) < 4.78 is 7.84. The van der Waals surface area contributed by atoms with Crippen molar-refractivity contribution in [2.45, 2.75) is 51.9 Å². The van der Waals surface area contributed by atoms with Crippen LogP contribution < -0.4 is 10.1 Å². The number of anilines is 1. The minimum absolute atomic E-state index is 0.169. The van der Waals surface area contributed by atoms with Crippen LogP contribution in [-0.4, -0.2) is 36.6 Å². The Kier molecular flexibility index (Phi) is 7.80. The van der Waals surface area contributed by atoms with Crippen LogP contribution >= 0.6 is 23.1 Å². The van der Waals surface area contributed by atoms with Crippen molar-refractivity contribution >= 4 is 34.1 Å². The Labute approximate surface area is 190 Å². The van der Waals surface area contributed by atoms with Crippen molar-refractivity contribution in [2.24, 2.45) is 0 Å². The van der Waals surface area contributed by atoms with E-state index in [1.807, 2.05) is 44.4 Å². The number of benzene rings is 1. The zero-order chi connectivity index (χ0) is 22.4. The normalized spacial score (nSPS) is 11.0. The van der Waals surface area contributed by atoms with Crippen LogP contribution in [0.1, 0.15) is 41.7 Å². The quantitative estimate of drug-likeness (QED) is 0.356. The van der Waals surface area contributed by atoms with Gasteiger partial charge in [-0.15, -0.1) is 27.0 Å². The topological polar surface area (TPSA) is 94.8 Å². The first kappa shape index (κ1) is 23.0. The standard InChI is InChI=1S/C21H26N6O2S2/c1-6-9-27-17(11-29-16-8-7-14(4)10-15(16)5)23-26-21(27)30-12-18(28)22-20-25-24-19(31-20)13(2)3/h6-8,10,13H,1,9,11-12H2,2-5H3,(H,22,25,28). The number of hydrogen-bond acceptors (Lipinski definition) is 8. The van der Waals surface area contributed by atoms with Crippen LogP contribution in [-0.2, 0) is 17.9 Å². The van der Waals surface area contributed by atoms with E-state index in [1.54, 1.807) is 6.08 Å². The molecule has 0 saturated carbocycles. The van der Waals surface area contributed by atoms with Gasteiger partial charge in [0.2, 0.25) is 11.0 Å². The molecule has 1 aromatic carbocycles. The van der Waals surface area contributed by atoms with Gasteiger partial charge in [0.1, 0.15) is 17.4 Å². The van der Waals surface area contributed by atoms with Crippen molar-refractivity contribution in [3.8, 4) is 5.75 Å². The minimum Gasteiger partial charge on any atom is -0.485 e. The summed E-state index contributed by atoms with van der Waals surface area (Å²) in [6, 6.07) is 6.04. The van der Waals surface area contributed by atoms with Crippen molar-refractivity contribution in [1.82, 2.24) is 25.0 Å². The van der Waals surface area contributed by atoms with Crippen LogP contribution in [0, 0.1) is 13.8 Å². The minimum atomic E-state index is -0.169. The van der Waals surface area contributed by atoms with Crippen molar-refractivity contribution < 1.29 is 9.53 Å². The Morgan fingerprint density at radius 1 is 1.29 bits per heavy atom. The van der Waals surface area contributed by atoms with Crippen molar-refractivity contribution in [3.05, 3.63) is 52.8 Å². The molecule has 1 N–H and O–H groups in total. The second-order valence-electron chi connectivity index (χ2n) is 7.29. The summed E-state index contributed by atoms with van der Waals surface area (Å²) in [5.41, 5.74) is 2.25. The fraction of sp³-hybridized carbons (Fsp3) is 0.381. The average molecular weight is 459 g/mol. The predicted molar refractivity (Wildman–Crippen MR) is 124 cm³/mol. The van der Waals surface area contributed by atoms with Crippen LogP contribution in [0.5, 0.6) is 5.75 Å². The number of amides is 1. The molecule has 1 amide bonds. The molecular weight excluding hydrogens is 432 g/mol. The van der Waals surface area contributed by atoms with E-state index in [9.17, 15) is 4.79 Å². The second-order valence-corrected chi connectivity index (χ2v) is 9.24. The van der Waals surface area contributed by atoms with Gasteiger partial charge in [-0.25, -0.2) is 0 Å². The van der Waals surface area contributed by atoms with Gasteiger partial charge >= 0.3 is 0 Å². The van der Waals surface area contributed by atoms with Crippen LogP contribution in [0.4, 0.5) is 5.13 Å². The molecule has 0 atom stereocenters. The lowest BCUT2D eigenvalue weighted by Gasteiger charge is -2.11.